The van der Waals surface area contributed by atoms with E-state index < -0.39 is 0 Å². The SMILES string of the molecule is COCCCNC(=NCc1nnc(C)n1C)NC1CCN(C(=O)C2CCCC2)C1.I. The molecule has 2 N–H and O–H groups in total. The maximum absolute atomic E-state index is 12.7. The van der Waals surface area contributed by atoms with E-state index in [1.807, 2.05) is 23.4 Å². The third kappa shape index (κ3) is 6.79. The molecule has 1 aliphatic carbocycles. The number of guanidine groups is 1. The van der Waals surface area contributed by atoms with Crippen molar-refractivity contribution in [3.05, 3.63) is 11.6 Å². The number of carbonyl (C=O) groups excluding carboxylic acids is 1. The quantitative estimate of drug-likeness (QED) is 0.228. The van der Waals surface area contributed by atoms with Gasteiger partial charge in [0.25, 0.3) is 0 Å². The zero-order chi connectivity index (χ0) is 20.6. The second kappa shape index (κ2) is 12.4. The van der Waals surface area contributed by atoms with Crippen molar-refractivity contribution in [3.63, 3.8) is 0 Å². The van der Waals surface area contributed by atoms with Crippen molar-refractivity contribution < 1.29 is 9.53 Å². The molecule has 0 radical (unpaired) electrons. The Morgan fingerprint density at radius 3 is 2.70 bits per heavy atom. The maximum Gasteiger partial charge on any atom is 0.225 e. The van der Waals surface area contributed by atoms with Gasteiger partial charge in [-0.1, -0.05) is 12.8 Å². The number of likely N-dealkylation sites (tertiary alicyclic amines) is 1. The molecule has 2 fully saturated rings. The van der Waals surface area contributed by atoms with Gasteiger partial charge in [-0.05, 0) is 32.6 Å². The highest BCUT2D eigenvalue weighted by molar-refractivity contribution is 14.0. The minimum atomic E-state index is 0. The van der Waals surface area contributed by atoms with Gasteiger partial charge < -0.3 is 24.8 Å². The van der Waals surface area contributed by atoms with Crippen molar-refractivity contribution in [1.29, 1.82) is 0 Å². The Kier molecular flexibility index (Phi) is 10.3. The molecule has 1 saturated heterocycles. The smallest absolute Gasteiger partial charge is 0.225 e. The van der Waals surface area contributed by atoms with Crippen molar-refractivity contribution >= 4 is 35.8 Å². The summed E-state index contributed by atoms with van der Waals surface area (Å²) in [5.74, 6) is 3.03. The number of aliphatic imine (C=N–C) groups is 1. The Hall–Kier alpha value is -1.43. The average molecular weight is 533 g/mol. The van der Waals surface area contributed by atoms with Crippen LogP contribution < -0.4 is 10.6 Å². The lowest BCUT2D eigenvalue weighted by Gasteiger charge is -2.21. The van der Waals surface area contributed by atoms with Crippen LogP contribution in [-0.2, 0) is 23.1 Å². The summed E-state index contributed by atoms with van der Waals surface area (Å²) < 4.78 is 7.08. The zero-order valence-electron chi connectivity index (χ0n) is 18.4. The lowest BCUT2D eigenvalue weighted by Crippen LogP contribution is -2.46. The Morgan fingerprint density at radius 1 is 1.27 bits per heavy atom. The number of ether oxygens (including phenoxy) is 1. The van der Waals surface area contributed by atoms with Crippen LogP contribution in [0.2, 0.25) is 0 Å². The molecule has 1 unspecified atom stereocenters. The number of nitrogens with one attached hydrogen (secondary N) is 2. The van der Waals surface area contributed by atoms with Crippen molar-refractivity contribution in [2.45, 2.75) is 58.0 Å². The first-order valence-electron chi connectivity index (χ1n) is 10.8. The molecule has 1 aliphatic heterocycles. The molecular weight excluding hydrogens is 497 g/mol. The largest absolute Gasteiger partial charge is 0.385 e. The van der Waals surface area contributed by atoms with Crippen LogP contribution in [-0.4, -0.2) is 70.9 Å². The molecule has 1 amide bonds. The molecular formula is C20H36IN7O2. The Bertz CT molecular complexity index is 703. The van der Waals surface area contributed by atoms with Gasteiger partial charge in [-0.2, -0.15) is 0 Å². The molecule has 1 saturated carbocycles. The van der Waals surface area contributed by atoms with E-state index in [1.165, 1.54) is 12.8 Å². The summed E-state index contributed by atoms with van der Waals surface area (Å²) in [6, 6.07) is 0.218. The van der Waals surface area contributed by atoms with E-state index in [1.54, 1.807) is 7.11 Å². The second-order valence-electron chi connectivity index (χ2n) is 8.06. The fourth-order valence-electron chi connectivity index (χ4n) is 4.02. The number of aryl methyl sites for hydroxylation is 1. The van der Waals surface area contributed by atoms with E-state index in [4.69, 9.17) is 9.73 Å². The first-order valence-corrected chi connectivity index (χ1v) is 10.8. The summed E-state index contributed by atoms with van der Waals surface area (Å²) in [6.07, 6.45) is 6.33. The van der Waals surface area contributed by atoms with E-state index in [0.29, 0.717) is 19.1 Å². The van der Waals surface area contributed by atoms with E-state index in [9.17, 15) is 4.79 Å². The number of nitrogens with zero attached hydrogens (tertiary/aromatic N) is 5. The molecule has 2 aliphatic rings. The van der Waals surface area contributed by atoms with Crippen LogP contribution in [0.1, 0.15) is 50.2 Å². The topological polar surface area (TPSA) is 96.7 Å². The monoisotopic (exact) mass is 533 g/mol. The molecule has 1 aromatic rings. The number of halogens is 1. The van der Waals surface area contributed by atoms with Gasteiger partial charge in [-0.3, -0.25) is 4.79 Å². The van der Waals surface area contributed by atoms with Gasteiger partial charge in [-0.15, -0.1) is 34.2 Å². The van der Waals surface area contributed by atoms with Crippen molar-refractivity contribution in [3.8, 4) is 0 Å². The number of amides is 1. The number of aromatic nitrogens is 3. The van der Waals surface area contributed by atoms with Gasteiger partial charge in [0, 0.05) is 52.4 Å². The first-order chi connectivity index (χ1) is 14.1. The lowest BCUT2D eigenvalue weighted by atomic mass is 10.1. The average Bonchev–Trinajstić information content (AvgIpc) is 3.47. The summed E-state index contributed by atoms with van der Waals surface area (Å²) in [6.45, 7) is 5.43. The molecule has 0 aromatic carbocycles. The summed E-state index contributed by atoms with van der Waals surface area (Å²) in [7, 11) is 3.65. The van der Waals surface area contributed by atoms with Crippen LogP contribution in [0.3, 0.4) is 0 Å². The molecule has 10 heteroatoms. The van der Waals surface area contributed by atoms with Gasteiger partial charge in [0.05, 0.1) is 0 Å². The highest BCUT2D eigenvalue weighted by Crippen LogP contribution is 2.27. The van der Waals surface area contributed by atoms with Crippen molar-refractivity contribution in [1.82, 2.24) is 30.3 Å². The Balaban J connectivity index is 0.00000320. The van der Waals surface area contributed by atoms with Crippen LogP contribution >= 0.6 is 24.0 Å². The predicted molar refractivity (Wildman–Crippen MR) is 127 cm³/mol. The fourth-order valence-corrected chi connectivity index (χ4v) is 4.02. The number of methoxy groups -OCH3 is 1. The summed E-state index contributed by atoms with van der Waals surface area (Å²) in [5, 5.41) is 15.2. The molecule has 0 bridgehead atoms. The molecule has 0 spiro atoms. The third-order valence-electron chi connectivity index (χ3n) is 5.92. The van der Waals surface area contributed by atoms with Crippen LogP contribution in [0, 0.1) is 12.8 Å². The van der Waals surface area contributed by atoms with E-state index in [2.05, 4.69) is 20.8 Å². The zero-order valence-corrected chi connectivity index (χ0v) is 20.7. The highest BCUT2D eigenvalue weighted by Gasteiger charge is 2.32. The van der Waals surface area contributed by atoms with Gasteiger partial charge in [-0.25, -0.2) is 4.99 Å². The van der Waals surface area contributed by atoms with Gasteiger partial charge in [0.1, 0.15) is 12.4 Å². The number of rotatable bonds is 8. The molecule has 170 valence electrons. The normalized spacial score (nSPS) is 19.8. The third-order valence-corrected chi connectivity index (χ3v) is 5.92. The van der Waals surface area contributed by atoms with E-state index >= 15 is 0 Å². The predicted octanol–water partition coefficient (Wildman–Crippen LogP) is 1.60. The second-order valence-corrected chi connectivity index (χ2v) is 8.06. The molecule has 9 nitrogen and oxygen atoms in total. The van der Waals surface area contributed by atoms with Crippen LogP contribution in [0.4, 0.5) is 0 Å². The highest BCUT2D eigenvalue weighted by atomic mass is 127. The van der Waals surface area contributed by atoms with Crippen molar-refractivity contribution in [2.75, 3.05) is 33.4 Å². The summed E-state index contributed by atoms with van der Waals surface area (Å²) >= 11 is 0. The maximum atomic E-state index is 12.7. The molecule has 2 heterocycles. The number of hydrogen-bond donors (Lipinski definition) is 2. The standard InChI is InChI=1S/C20H35N7O2.HI/c1-15-24-25-18(26(15)2)13-22-20(21-10-6-12-29-3)23-17-9-11-27(14-17)19(28)16-7-4-5-8-16;/h16-17H,4-14H2,1-3H3,(H2,21,22,23);1H. The minimum Gasteiger partial charge on any atom is -0.385 e. The van der Waals surface area contributed by atoms with E-state index in [0.717, 1.165) is 62.9 Å². The molecule has 3 rings (SSSR count). The summed E-state index contributed by atoms with van der Waals surface area (Å²) in [4.78, 5) is 19.4. The van der Waals surface area contributed by atoms with Crippen LogP contribution in [0.5, 0.6) is 0 Å². The molecule has 30 heavy (non-hydrogen) atoms. The van der Waals surface area contributed by atoms with Crippen molar-refractivity contribution in [2.24, 2.45) is 18.0 Å². The number of carbonyl (C=O) groups is 1. The van der Waals surface area contributed by atoms with Crippen LogP contribution in [0.15, 0.2) is 4.99 Å². The van der Waals surface area contributed by atoms with Gasteiger partial charge in [0.2, 0.25) is 5.91 Å². The van der Waals surface area contributed by atoms with Crippen LogP contribution in [0.25, 0.3) is 0 Å². The van der Waals surface area contributed by atoms with Gasteiger partial charge in [0.15, 0.2) is 11.8 Å². The Morgan fingerprint density at radius 2 is 2.03 bits per heavy atom. The summed E-state index contributed by atoms with van der Waals surface area (Å²) in [5.41, 5.74) is 0. The lowest BCUT2D eigenvalue weighted by molar-refractivity contribution is -0.134. The van der Waals surface area contributed by atoms with Gasteiger partial charge >= 0.3 is 0 Å². The molecule has 1 aromatic heterocycles. The fraction of sp³-hybridized carbons (Fsp3) is 0.800. The van der Waals surface area contributed by atoms with E-state index in [-0.39, 0.29) is 35.9 Å². The first kappa shape index (κ1) is 24.8. The number of hydrogen-bond acceptors (Lipinski definition) is 5. The Labute approximate surface area is 196 Å². The molecule has 1 atom stereocenters. The minimum absolute atomic E-state index is 0.